The fourth-order valence-electron chi connectivity index (χ4n) is 3.08. The molecule has 3 rings (SSSR count). The Kier molecular flexibility index (Phi) is 4.60. The molecule has 5 nitrogen and oxygen atoms in total. The lowest BCUT2D eigenvalue weighted by molar-refractivity contribution is 0.0497. The molecule has 1 aliphatic rings. The Hall–Kier alpha value is -2.30. The molecule has 0 saturated carbocycles. The Morgan fingerprint density at radius 2 is 1.92 bits per heavy atom. The topological polar surface area (TPSA) is 54.5 Å². The summed E-state index contributed by atoms with van der Waals surface area (Å²) in [5.41, 5.74) is 1.75. The number of aromatic nitrogens is 1. The number of amides is 1. The van der Waals surface area contributed by atoms with Gasteiger partial charge >= 0.3 is 6.09 Å². The van der Waals surface area contributed by atoms with Crippen LogP contribution in [0.1, 0.15) is 33.6 Å². The lowest BCUT2D eigenvalue weighted by Crippen LogP contribution is -2.46. The summed E-state index contributed by atoms with van der Waals surface area (Å²) < 4.78 is 5.34. The molecule has 24 heavy (non-hydrogen) atoms. The first-order chi connectivity index (χ1) is 11.4. The van der Waals surface area contributed by atoms with Gasteiger partial charge in [0.15, 0.2) is 0 Å². The third-order valence-electron chi connectivity index (χ3n) is 4.17. The van der Waals surface area contributed by atoms with Crippen LogP contribution in [0.3, 0.4) is 0 Å². The molecule has 0 spiro atoms. The number of nitrogens with zero attached hydrogens (tertiary/aromatic N) is 2. The van der Waals surface area contributed by atoms with Gasteiger partial charge in [0.25, 0.3) is 0 Å². The van der Waals surface area contributed by atoms with Crippen LogP contribution in [0.5, 0.6) is 0 Å². The zero-order valence-corrected chi connectivity index (χ0v) is 14.6. The summed E-state index contributed by atoms with van der Waals surface area (Å²) in [7, 11) is 0. The predicted molar refractivity (Wildman–Crippen MR) is 96.3 cm³/mol. The van der Waals surface area contributed by atoms with E-state index in [1.54, 1.807) is 0 Å². The second-order valence-corrected chi connectivity index (χ2v) is 7.26. The number of ether oxygens (including phenoxy) is 1. The van der Waals surface area contributed by atoms with Crippen molar-refractivity contribution in [3.05, 3.63) is 36.5 Å². The van der Waals surface area contributed by atoms with Gasteiger partial charge in [0.05, 0.1) is 11.2 Å². The van der Waals surface area contributed by atoms with E-state index in [1.807, 2.05) is 33.0 Å². The van der Waals surface area contributed by atoms with Crippen molar-refractivity contribution in [1.29, 1.82) is 0 Å². The van der Waals surface area contributed by atoms with E-state index < -0.39 is 5.60 Å². The van der Waals surface area contributed by atoms with Crippen LogP contribution in [0.2, 0.25) is 0 Å². The summed E-state index contributed by atoms with van der Waals surface area (Å²) in [4.78, 5) is 18.8. The van der Waals surface area contributed by atoms with Gasteiger partial charge in [-0.05, 0) is 45.7 Å². The van der Waals surface area contributed by atoms with Crippen LogP contribution in [0, 0.1) is 0 Å². The van der Waals surface area contributed by atoms with Gasteiger partial charge in [0.2, 0.25) is 0 Å². The lowest BCUT2D eigenvalue weighted by Gasteiger charge is -2.34. The number of benzene rings is 1. The predicted octanol–water partition coefficient (Wildman–Crippen LogP) is 3.73. The normalized spacial score (nSPS) is 16.2. The summed E-state index contributed by atoms with van der Waals surface area (Å²) in [6, 6.07) is 10.5. The first kappa shape index (κ1) is 16.6. The molecule has 1 saturated heterocycles. The van der Waals surface area contributed by atoms with Crippen LogP contribution >= 0.6 is 0 Å². The van der Waals surface area contributed by atoms with Gasteiger partial charge in [-0.3, -0.25) is 4.98 Å². The molecule has 0 radical (unpaired) electrons. The van der Waals surface area contributed by atoms with Gasteiger partial charge in [0.1, 0.15) is 5.60 Å². The van der Waals surface area contributed by atoms with Gasteiger partial charge < -0.3 is 15.0 Å². The Balaban J connectivity index is 1.62. The van der Waals surface area contributed by atoms with Crippen molar-refractivity contribution >= 4 is 22.7 Å². The molecule has 1 aromatic heterocycles. The minimum absolute atomic E-state index is 0.166. The van der Waals surface area contributed by atoms with Gasteiger partial charge in [-0.2, -0.15) is 0 Å². The van der Waals surface area contributed by atoms with Crippen LogP contribution in [0.15, 0.2) is 36.5 Å². The molecule has 5 heteroatoms. The molecule has 128 valence electrons. The Morgan fingerprint density at radius 3 is 2.62 bits per heavy atom. The molecule has 0 bridgehead atoms. The maximum Gasteiger partial charge on any atom is 0.407 e. The average Bonchev–Trinajstić information content (AvgIpc) is 2.53. The molecule has 1 aromatic carbocycles. The molecule has 1 amide bonds. The smallest absolute Gasteiger partial charge is 0.407 e. The monoisotopic (exact) mass is 327 g/mol. The second kappa shape index (κ2) is 6.67. The number of nitrogens with one attached hydrogen (secondary N) is 1. The SMILES string of the molecule is CC(C)(C)OC(=O)NC1CCN(c2cccc3cccnc23)CC1. The number of fused-ring (bicyclic) bond motifs is 1. The molecule has 0 aliphatic carbocycles. The first-order valence-corrected chi connectivity index (χ1v) is 8.50. The largest absolute Gasteiger partial charge is 0.444 e. The van der Waals surface area contributed by atoms with Crippen LogP contribution in [-0.4, -0.2) is 35.8 Å². The van der Waals surface area contributed by atoms with E-state index in [0.29, 0.717) is 0 Å². The molecule has 0 unspecified atom stereocenters. The number of alkyl carbamates (subject to hydrolysis) is 1. The fraction of sp³-hybridized carbons (Fsp3) is 0.474. The molecule has 2 heterocycles. The van der Waals surface area contributed by atoms with Gasteiger partial charge in [-0.25, -0.2) is 4.79 Å². The average molecular weight is 327 g/mol. The van der Waals surface area contributed by atoms with Gasteiger partial charge in [-0.15, -0.1) is 0 Å². The summed E-state index contributed by atoms with van der Waals surface area (Å²) >= 11 is 0. The van der Waals surface area contributed by atoms with Gasteiger partial charge in [0, 0.05) is 30.7 Å². The third-order valence-corrected chi connectivity index (χ3v) is 4.17. The first-order valence-electron chi connectivity index (χ1n) is 8.50. The van der Waals surface area contributed by atoms with Crippen LogP contribution in [-0.2, 0) is 4.74 Å². The van der Waals surface area contributed by atoms with E-state index in [2.05, 4.69) is 39.5 Å². The number of para-hydroxylation sites is 1. The number of hydrogen-bond acceptors (Lipinski definition) is 4. The number of piperidine rings is 1. The second-order valence-electron chi connectivity index (χ2n) is 7.26. The Bertz CT molecular complexity index is 711. The van der Waals surface area contributed by atoms with Gasteiger partial charge in [-0.1, -0.05) is 18.2 Å². The third kappa shape index (κ3) is 3.96. The van der Waals surface area contributed by atoms with E-state index in [-0.39, 0.29) is 12.1 Å². The zero-order valence-electron chi connectivity index (χ0n) is 14.6. The molecule has 1 N–H and O–H groups in total. The zero-order chi connectivity index (χ0) is 17.2. The summed E-state index contributed by atoms with van der Waals surface area (Å²) in [5.74, 6) is 0. The molecule has 0 atom stereocenters. The van der Waals surface area contributed by atoms with Crippen molar-refractivity contribution in [2.45, 2.75) is 45.3 Å². The minimum Gasteiger partial charge on any atom is -0.444 e. The van der Waals surface area contributed by atoms with E-state index in [1.165, 1.54) is 5.69 Å². The number of carbonyl (C=O) groups is 1. The highest BCUT2D eigenvalue weighted by atomic mass is 16.6. The number of anilines is 1. The Morgan fingerprint density at radius 1 is 1.21 bits per heavy atom. The Labute approximate surface area is 143 Å². The van der Waals surface area contributed by atoms with E-state index in [9.17, 15) is 4.79 Å². The summed E-state index contributed by atoms with van der Waals surface area (Å²) in [6.07, 6.45) is 3.32. The highest BCUT2D eigenvalue weighted by Crippen LogP contribution is 2.27. The van der Waals surface area contributed by atoms with E-state index in [4.69, 9.17) is 4.74 Å². The molecule has 1 fully saturated rings. The van der Waals surface area contributed by atoms with Crippen molar-refractivity contribution < 1.29 is 9.53 Å². The van der Waals surface area contributed by atoms with E-state index in [0.717, 1.165) is 36.8 Å². The van der Waals surface area contributed by atoms with Crippen molar-refractivity contribution in [1.82, 2.24) is 10.3 Å². The molecule has 1 aliphatic heterocycles. The maximum atomic E-state index is 11.9. The number of hydrogen-bond donors (Lipinski definition) is 1. The molecular formula is C19H25N3O2. The highest BCUT2D eigenvalue weighted by Gasteiger charge is 2.24. The fourth-order valence-corrected chi connectivity index (χ4v) is 3.08. The molecular weight excluding hydrogens is 302 g/mol. The van der Waals surface area contributed by atoms with Crippen molar-refractivity contribution in [2.75, 3.05) is 18.0 Å². The van der Waals surface area contributed by atoms with Crippen molar-refractivity contribution in [3.63, 3.8) is 0 Å². The highest BCUT2D eigenvalue weighted by molar-refractivity contribution is 5.90. The number of rotatable bonds is 2. The minimum atomic E-state index is -0.459. The lowest BCUT2D eigenvalue weighted by atomic mass is 10.0. The molecule has 2 aromatic rings. The number of carbonyl (C=O) groups excluding carboxylic acids is 1. The van der Waals surface area contributed by atoms with Crippen LogP contribution in [0.4, 0.5) is 10.5 Å². The van der Waals surface area contributed by atoms with Crippen LogP contribution < -0.4 is 10.2 Å². The quantitative estimate of drug-likeness (QED) is 0.913. The van der Waals surface area contributed by atoms with Crippen LogP contribution in [0.25, 0.3) is 10.9 Å². The standard InChI is InChI=1S/C19H25N3O2/c1-19(2,3)24-18(23)21-15-9-12-22(13-10-15)16-8-4-6-14-7-5-11-20-17(14)16/h4-8,11,15H,9-10,12-13H2,1-3H3,(H,21,23). The summed E-state index contributed by atoms with van der Waals surface area (Å²) in [5, 5.41) is 4.14. The summed E-state index contributed by atoms with van der Waals surface area (Å²) in [6.45, 7) is 7.43. The number of pyridine rings is 1. The maximum absolute atomic E-state index is 11.9. The van der Waals surface area contributed by atoms with Crippen molar-refractivity contribution in [3.8, 4) is 0 Å². The van der Waals surface area contributed by atoms with E-state index >= 15 is 0 Å². The van der Waals surface area contributed by atoms with Crippen molar-refractivity contribution in [2.24, 2.45) is 0 Å².